The molecule has 0 N–H and O–H groups in total. The molecule has 2 rings (SSSR count). The molecule has 1 radical (unpaired) electrons. The van der Waals surface area contributed by atoms with Crippen molar-refractivity contribution >= 4 is 5.70 Å². The number of aryl methyl sites for hydroxylation is 1. The summed E-state index contributed by atoms with van der Waals surface area (Å²) in [4.78, 5) is 4.00. The van der Waals surface area contributed by atoms with E-state index in [-0.39, 0.29) is 0 Å². The molecule has 0 atom stereocenters. The van der Waals surface area contributed by atoms with E-state index in [0.717, 1.165) is 11.4 Å². The van der Waals surface area contributed by atoms with Crippen LogP contribution in [-0.2, 0) is 7.05 Å². The maximum absolute atomic E-state index is 4.16. The maximum Gasteiger partial charge on any atom is 0.0948 e. The highest BCUT2D eigenvalue weighted by atomic mass is 15.0. The Kier molecular flexibility index (Phi) is 1.28. The predicted octanol–water partition coefficient (Wildman–Crippen LogP) is 0.893. The normalized spacial score (nSPS) is 14.8. The molecule has 2 heterocycles. The highest BCUT2D eigenvalue weighted by Gasteiger charge is 2.06. The summed E-state index contributed by atoms with van der Waals surface area (Å²) in [6.45, 7) is 0. The van der Waals surface area contributed by atoms with Gasteiger partial charge in [-0.15, -0.1) is 0 Å². The van der Waals surface area contributed by atoms with E-state index in [1.165, 1.54) is 0 Å². The summed E-state index contributed by atoms with van der Waals surface area (Å²) in [6.07, 6.45) is 9.24. The highest BCUT2D eigenvalue weighted by molar-refractivity contribution is 5.65. The maximum atomic E-state index is 4.16. The van der Waals surface area contributed by atoms with Crippen LogP contribution in [0.4, 0.5) is 0 Å². The molecule has 0 aliphatic carbocycles. The summed E-state index contributed by atoms with van der Waals surface area (Å²) >= 11 is 0. The monoisotopic (exact) mass is 146 g/mol. The summed E-state index contributed by atoms with van der Waals surface area (Å²) in [5.41, 5.74) is 2.03. The average Bonchev–Trinajstić information content (AvgIpc) is 2.55. The zero-order valence-electron chi connectivity index (χ0n) is 6.23. The van der Waals surface area contributed by atoms with Crippen molar-refractivity contribution in [3.8, 4) is 0 Å². The zero-order valence-corrected chi connectivity index (χ0v) is 6.23. The molecule has 0 saturated carbocycles. The van der Waals surface area contributed by atoms with Crippen LogP contribution in [0, 0.1) is 0 Å². The molecule has 0 spiro atoms. The molecule has 1 aromatic rings. The predicted molar refractivity (Wildman–Crippen MR) is 42.5 cm³/mol. The van der Waals surface area contributed by atoms with Crippen molar-refractivity contribution in [2.45, 2.75) is 0 Å². The second kappa shape index (κ2) is 2.27. The lowest BCUT2D eigenvalue weighted by Crippen LogP contribution is -1.98. The second-order valence-corrected chi connectivity index (χ2v) is 2.41. The van der Waals surface area contributed by atoms with Crippen molar-refractivity contribution in [1.82, 2.24) is 14.9 Å². The van der Waals surface area contributed by atoms with Gasteiger partial charge in [0, 0.05) is 13.2 Å². The van der Waals surface area contributed by atoms with Gasteiger partial charge >= 0.3 is 0 Å². The molecule has 55 valence electrons. The van der Waals surface area contributed by atoms with Gasteiger partial charge in [0.1, 0.15) is 0 Å². The lowest BCUT2D eigenvalue weighted by molar-refractivity contribution is 0.888. The fourth-order valence-corrected chi connectivity index (χ4v) is 1.06. The standard InChI is InChI=1S/C8H8N3/c1-11-6-9-5-8(11)7-3-2-4-10-7/h2-6H,1H3. The van der Waals surface area contributed by atoms with Crippen LogP contribution in [0.2, 0.25) is 0 Å². The molecule has 1 aromatic heterocycles. The number of rotatable bonds is 1. The number of nitrogens with zero attached hydrogens (tertiary/aromatic N) is 3. The molecule has 0 unspecified atom stereocenters. The molecular formula is C8H8N3. The van der Waals surface area contributed by atoms with Crippen molar-refractivity contribution in [1.29, 1.82) is 0 Å². The van der Waals surface area contributed by atoms with E-state index < -0.39 is 0 Å². The van der Waals surface area contributed by atoms with Gasteiger partial charge in [-0.2, -0.15) is 0 Å². The molecular weight excluding hydrogens is 138 g/mol. The van der Waals surface area contributed by atoms with E-state index in [4.69, 9.17) is 0 Å². The molecule has 11 heavy (non-hydrogen) atoms. The molecule has 3 heteroatoms. The van der Waals surface area contributed by atoms with E-state index >= 15 is 0 Å². The van der Waals surface area contributed by atoms with Crippen LogP contribution in [0.15, 0.2) is 30.9 Å². The first-order chi connectivity index (χ1) is 5.38. The fourth-order valence-electron chi connectivity index (χ4n) is 1.06. The molecule has 1 aliphatic heterocycles. The number of allylic oxidation sites excluding steroid dienone is 2. The molecule has 0 fully saturated rings. The van der Waals surface area contributed by atoms with E-state index in [9.17, 15) is 0 Å². The topological polar surface area (TPSA) is 31.9 Å². The molecule has 1 aliphatic rings. The van der Waals surface area contributed by atoms with Gasteiger partial charge in [-0.05, 0) is 12.2 Å². The van der Waals surface area contributed by atoms with Crippen LogP contribution in [0.3, 0.4) is 0 Å². The Morgan fingerprint density at radius 2 is 2.36 bits per heavy atom. The van der Waals surface area contributed by atoms with Crippen LogP contribution in [-0.4, -0.2) is 9.55 Å². The van der Waals surface area contributed by atoms with Crippen LogP contribution in [0.5, 0.6) is 0 Å². The minimum absolute atomic E-state index is 0.977. The summed E-state index contributed by atoms with van der Waals surface area (Å²) < 4.78 is 1.95. The lowest BCUT2D eigenvalue weighted by atomic mass is 10.3. The van der Waals surface area contributed by atoms with Crippen LogP contribution < -0.4 is 5.32 Å². The summed E-state index contributed by atoms with van der Waals surface area (Å²) in [5.74, 6) is 0. The van der Waals surface area contributed by atoms with Gasteiger partial charge in [0.25, 0.3) is 0 Å². The Bertz CT molecular complexity index is 320. The van der Waals surface area contributed by atoms with Gasteiger partial charge in [0.2, 0.25) is 0 Å². The fraction of sp³-hybridized carbons (Fsp3) is 0.125. The van der Waals surface area contributed by atoms with Crippen LogP contribution in [0.1, 0.15) is 5.69 Å². The van der Waals surface area contributed by atoms with E-state index in [1.807, 2.05) is 30.0 Å². The third-order valence-electron chi connectivity index (χ3n) is 1.63. The van der Waals surface area contributed by atoms with Crippen molar-refractivity contribution in [2.24, 2.45) is 7.05 Å². The Balaban J connectivity index is 2.37. The first-order valence-corrected chi connectivity index (χ1v) is 3.42. The molecule has 0 aromatic carbocycles. The zero-order chi connectivity index (χ0) is 7.68. The van der Waals surface area contributed by atoms with Crippen molar-refractivity contribution in [3.63, 3.8) is 0 Å². The minimum atomic E-state index is 0.977. The van der Waals surface area contributed by atoms with Gasteiger partial charge in [-0.3, -0.25) is 5.32 Å². The van der Waals surface area contributed by atoms with Crippen molar-refractivity contribution in [2.75, 3.05) is 0 Å². The Labute approximate surface area is 65.1 Å². The quantitative estimate of drug-likeness (QED) is 0.579. The number of hydrogen-bond acceptors (Lipinski definition) is 1. The number of imidazole rings is 1. The first-order valence-electron chi connectivity index (χ1n) is 3.42. The van der Waals surface area contributed by atoms with E-state index in [0.29, 0.717) is 0 Å². The van der Waals surface area contributed by atoms with Crippen molar-refractivity contribution in [3.05, 3.63) is 36.6 Å². The Morgan fingerprint density at radius 1 is 1.45 bits per heavy atom. The van der Waals surface area contributed by atoms with E-state index in [1.54, 1.807) is 12.5 Å². The summed E-state index contributed by atoms with van der Waals surface area (Å²) in [5, 5.41) is 4.16. The van der Waals surface area contributed by atoms with Gasteiger partial charge in [-0.25, -0.2) is 4.98 Å². The number of hydrogen-bond donors (Lipinski definition) is 0. The van der Waals surface area contributed by atoms with Crippen molar-refractivity contribution < 1.29 is 0 Å². The Morgan fingerprint density at radius 3 is 2.91 bits per heavy atom. The Hall–Kier alpha value is -1.51. The lowest BCUT2D eigenvalue weighted by Gasteiger charge is -2.00. The molecule has 3 nitrogen and oxygen atoms in total. The molecule has 0 bridgehead atoms. The number of aromatic nitrogens is 2. The van der Waals surface area contributed by atoms with Gasteiger partial charge in [0.15, 0.2) is 0 Å². The summed E-state index contributed by atoms with van der Waals surface area (Å²) in [6, 6.07) is 0. The molecule has 0 saturated heterocycles. The third kappa shape index (κ3) is 0.941. The molecule has 0 amide bonds. The highest BCUT2D eigenvalue weighted by Crippen LogP contribution is 2.14. The largest absolute Gasteiger partial charge is 0.332 e. The van der Waals surface area contributed by atoms with Gasteiger partial charge in [0.05, 0.1) is 23.9 Å². The van der Waals surface area contributed by atoms with Gasteiger partial charge in [-0.1, -0.05) is 0 Å². The average molecular weight is 146 g/mol. The first kappa shape index (κ1) is 6.22. The van der Waals surface area contributed by atoms with Crippen LogP contribution >= 0.6 is 0 Å². The summed E-state index contributed by atoms with van der Waals surface area (Å²) in [7, 11) is 1.96. The van der Waals surface area contributed by atoms with Crippen LogP contribution in [0.25, 0.3) is 5.70 Å². The van der Waals surface area contributed by atoms with E-state index in [2.05, 4.69) is 10.3 Å². The third-order valence-corrected chi connectivity index (χ3v) is 1.63. The minimum Gasteiger partial charge on any atom is -0.332 e. The SMILES string of the molecule is Cn1cncc1C1=CC=C[N]1. The van der Waals surface area contributed by atoms with Gasteiger partial charge < -0.3 is 4.57 Å². The smallest absolute Gasteiger partial charge is 0.0948 e. The second-order valence-electron chi connectivity index (χ2n) is 2.41.